The Hall–Kier alpha value is -3.72. The van der Waals surface area contributed by atoms with E-state index >= 15 is 0 Å². The second-order valence-corrected chi connectivity index (χ2v) is 9.37. The third-order valence-corrected chi connectivity index (χ3v) is 6.28. The van der Waals surface area contributed by atoms with Crippen LogP contribution in [0.4, 0.5) is 4.79 Å². The molecule has 8 nitrogen and oxygen atoms in total. The number of hydrogen-bond donors (Lipinski definition) is 2. The number of rotatable bonds is 8. The molecular weight excluding hydrogens is 460 g/mol. The molecule has 9 heteroatoms. The second-order valence-electron chi connectivity index (χ2n) is 8.43. The van der Waals surface area contributed by atoms with Gasteiger partial charge in [0, 0.05) is 29.6 Å². The lowest BCUT2D eigenvalue weighted by molar-refractivity contribution is -0.117. The second kappa shape index (κ2) is 11.1. The molecule has 0 saturated heterocycles. The van der Waals surface area contributed by atoms with Gasteiger partial charge in [-0.2, -0.15) is 0 Å². The Labute approximate surface area is 208 Å². The van der Waals surface area contributed by atoms with Crippen molar-refractivity contribution >= 4 is 34.6 Å². The number of carbonyl (C=O) groups is 2. The minimum atomic E-state index is -0.487. The smallest absolute Gasteiger partial charge is 0.321 e. The molecule has 0 bridgehead atoms. The van der Waals surface area contributed by atoms with E-state index in [1.807, 2.05) is 86.0 Å². The van der Waals surface area contributed by atoms with Crippen molar-refractivity contribution in [3.05, 3.63) is 60.7 Å². The predicted molar refractivity (Wildman–Crippen MR) is 139 cm³/mol. The number of carbonyl (C=O) groups excluding carboxylic acids is 2. The van der Waals surface area contributed by atoms with E-state index < -0.39 is 6.03 Å². The zero-order valence-electron chi connectivity index (χ0n) is 20.0. The summed E-state index contributed by atoms with van der Waals surface area (Å²) >= 11 is 1.25. The molecular formula is C26H28N6O2S. The van der Waals surface area contributed by atoms with E-state index in [4.69, 9.17) is 4.98 Å². The minimum absolute atomic E-state index is 0.0551. The number of benzene rings is 2. The Balaban J connectivity index is 1.60. The number of pyridine rings is 1. The summed E-state index contributed by atoms with van der Waals surface area (Å²) in [5.74, 6) is 0.683. The summed E-state index contributed by atoms with van der Waals surface area (Å²) in [6.45, 7) is 7.12. The van der Waals surface area contributed by atoms with Crippen molar-refractivity contribution < 1.29 is 9.59 Å². The van der Waals surface area contributed by atoms with Crippen molar-refractivity contribution in [3.8, 4) is 22.6 Å². The largest absolute Gasteiger partial charge is 0.338 e. The normalized spacial score (nSPS) is 11.1. The van der Waals surface area contributed by atoms with Crippen LogP contribution in [0.15, 0.2) is 65.8 Å². The molecule has 35 heavy (non-hydrogen) atoms. The molecule has 2 heterocycles. The fraction of sp³-hybridized carbons (Fsp3) is 0.269. The molecule has 0 aliphatic heterocycles. The highest BCUT2D eigenvalue weighted by molar-refractivity contribution is 7.99. The van der Waals surface area contributed by atoms with Crippen LogP contribution < -0.4 is 10.6 Å². The molecule has 0 unspecified atom stereocenters. The predicted octanol–water partition coefficient (Wildman–Crippen LogP) is 4.75. The standard InChI is InChI=1S/C26H28N6O2S/c1-4-32-24(30-31-26(32)35-16-23(33)29-25(34)27-15-17(2)3)20-14-22(18-10-6-5-7-11-18)28-21-13-9-8-12-19(20)21/h5-14,17H,4,15-16H2,1-3H3,(H2,27,29,33,34). The quantitative estimate of drug-likeness (QED) is 0.347. The van der Waals surface area contributed by atoms with Gasteiger partial charge in [-0.05, 0) is 25.0 Å². The molecule has 0 spiro atoms. The summed E-state index contributed by atoms with van der Waals surface area (Å²) in [7, 11) is 0. The lowest BCUT2D eigenvalue weighted by Crippen LogP contribution is -2.41. The molecule has 0 saturated carbocycles. The van der Waals surface area contributed by atoms with Gasteiger partial charge in [0.1, 0.15) is 0 Å². The van der Waals surface area contributed by atoms with Gasteiger partial charge in [-0.1, -0.05) is 74.1 Å². The summed E-state index contributed by atoms with van der Waals surface area (Å²) in [6, 6.07) is 19.5. The maximum atomic E-state index is 12.3. The summed E-state index contributed by atoms with van der Waals surface area (Å²) in [4.78, 5) is 29.0. The zero-order chi connectivity index (χ0) is 24.8. The van der Waals surface area contributed by atoms with Crippen molar-refractivity contribution in [1.82, 2.24) is 30.4 Å². The zero-order valence-corrected chi connectivity index (χ0v) is 20.8. The molecule has 4 aromatic rings. The van der Waals surface area contributed by atoms with Gasteiger partial charge in [0.2, 0.25) is 5.91 Å². The minimum Gasteiger partial charge on any atom is -0.338 e. The summed E-state index contributed by atoms with van der Waals surface area (Å²) in [5.41, 5.74) is 3.67. The molecule has 180 valence electrons. The Kier molecular flexibility index (Phi) is 7.77. The Bertz CT molecular complexity index is 1340. The van der Waals surface area contributed by atoms with Crippen LogP contribution in [0.3, 0.4) is 0 Å². The summed E-state index contributed by atoms with van der Waals surface area (Å²) < 4.78 is 1.98. The van der Waals surface area contributed by atoms with Gasteiger partial charge < -0.3 is 9.88 Å². The van der Waals surface area contributed by atoms with E-state index in [1.165, 1.54) is 11.8 Å². The molecule has 0 aliphatic rings. The number of imide groups is 1. The topological polar surface area (TPSA) is 102 Å². The van der Waals surface area contributed by atoms with E-state index in [1.54, 1.807) is 0 Å². The average molecular weight is 489 g/mol. The number of aromatic nitrogens is 4. The number of para-hydroxylation sites is 1. The first-order valence-electron chi connectivity index (χ1n) is 11.6. The van der Waals surface area contributed by atoms with E-state index in [2.05, 4.69) is 20.8 Å². The molecule has 0 fully saturated rings. The van der Waals surface area contributed by atoms with E-state index in [9.17, 15) is 9.59 Å². The number of amides is 3. The van der Waals surface area contributed by atoms with Crippen LogP contribution in [0, 0.1) is 5.92 Å². The summed E-state index contributed by atoms with van der Waals surface area (Å²) in [6.07, 6.45) is 0. The molecule has 0 atom stereocenters. The first-order chi connectivity index (χ1) is 17.0. The van der Waals surface area contributed by atoms with Crippen LogP contribution in [0.5, 0.6) is 0 Å². The van der Waals surface area contributed by atoms with Crippen molar-refractivity contribution in [2.45, 2.75) is 32.5 Å². The number of thioether (sulfide) groups is 1. The third-order valence-electron chi connectivity index (χ3n) is 5.32. The van der Waals surface area contributed by atoms with Gasteiger partial charge >= 0.3 is 6.03 Å². The van der Waals surface area contributed by atoms with Crippen LogP contribution in [-0.4, -0.2) is 44.0 Å². The first-order valence-corrected chi connectivity index (χ1v) is 12.5. The Morgan fingerprint density at radius 2 is 1.77 bits per heavy atom. The van der Waals surface area contributed by atoms with Gasteiger partial charge in [-0.25, -0.2) is 9.78 Å². The van der Waals surface area contributed by atoms with Gasteiger partial charge in [0.25, 0.3) is 0 Å². The van der Waals surface area contributed by atoms with Crippen molar-refractivity contribution in [3.63, 3.8) is 0 Å². The summed E-state index contributed by atoms with van der Waals surface area (Å²) in [5, 5.41) is 15.5. The molecule has 3 amide bonds. The van der Waals surface area contributed by atoms with Crippen molar-refractivity contribution in [1.29, 1.82) is 0 Å². The number of fused-ring (bicyclic) bond motifs is 1. The molecule has 0 radical (unpaired) electrons. The Morgan fingerprint density at radius 1 is 1.03 bits per heavy atom. The number of nitrogens with zero attached hydrogens (tertiary/aromatic N) is 4. The number of nitrogens with one attached hydrogen (secondary N) is 2. The van der Waals surface area contributed by atoms with Crippen LogP contribution >= 0.6 is 11.8 Å². The third kappa shape index (κ3) is 5.86. The highest BCUT2D eigenvalue weighted by Crippen LogP contribution is 2.32. The average Bonchev–Trinajstić information content (AvgIpc) is 3.28. The van der Waals surface area contributed by atoms with E-state index in [-0.39, 0.29) is 11.7 Å². The highest BCUT2D eigenvalue weighted by atomic mass is 32.2. The van der Waals surface area contributed by atoms with Gasteiger partial charge in [0.15, 0.2) is 11.0 Å². The number of urea groups is 1. The van der Waals surface area contributed by atoms with Crippen molar-refractivity contribution in [2.24, 2.45) is 5.92 Å². The van der Waals surface area contributed by atoms with Crippen molar-refractivity contribution in [2.75, 3.05) is 12.3 Å². The number of hydrogen-bond acceptors (Lipinski definition) is 6. The van der Waals surface area contributed by atoms with Gasteiger partial charge in [0.05, 0.1) is 17.0 Å². The van der Waals surface area contributed by atoms with Crippen LogP contribution in [-0.2, 0) is 11.3 Å². The fourth-order valence-corrected chi connectivity index (χ4v) is 4.43. The molecule has 2 aromatic carbocycles. The van der Waals surface area contributed by atoms with Gasteiger partial charge in [-0.15, -0.1) is 10.2 Å². The maximum absolute atomic E-state index is 12.3. The molecule has 0 aliphatic carbocycles. The SMILES string of the molecule is CCn1c(SCC(=O)NC(=O)NCC(C)C)nnc1-c1cc(-c2ccccc2)nc2ccccc12. The van der Waals surface area contributed by atoms with Crippen LogP contribution in [0.1, 0.15) is 20.8 Å². The lowest BCUT2D eigenvalue weighted by Gasteiger charge is -2.12. The van der Waals surface area contributed by atoms with E-state index in [0.717, 1.165) is 27.7 Å². The monoisotopic (exact) mass is 488 g/mol. The van der Waals surface area contributed by atoms with E-state index in [0.29, 0.717) is 30.0 Å². The fourth-order valence-electron chi connectivity index (χ4n) is 3.63. The molecule has 2 N–H and O–H groups in total. The first kappa shape index (κ1) is 24.4. The lowest BCUT2D eigenvalue weighted by atomic mass is 10.0. The Morgan fingerprint density at radius 3 is 2.51 bits per heavy atom. The van der Waals surface area contributed by atoms with Gasteiger partial charge in [-0.3, -0.25) is 10.1 Å². The maximum Gasteiger partial charge on any atom is 0.321 e. The van der Waals surface area contributed by atoms with Crippen LogP contribution in [0.25, 0.3) is 33.5 Å². The van der Waals surface area contributed by atoms with Crippen LogP contribution in [0.2, 0.25) is 0 Å². The molecule has 4 rings (SSSR count). The highest BCUT2D eigenvalue weighted by Gasteiger charge is 2.19. The molecule has 2 aromatic heterocycles.